The Morgan fingerprint density at radius 1 is 1.00 bits per heavy atom. The van der Waals surface area contributed by atoms with Gasteiger partial charge in [-0.3, -0.25) is 4.68 Å². The van der Waals surface area contributed by atoms with Gasteiger partial charge in [0.15, 0.2) is 0 Å². The highest BCUT2D eigenvalue weighted by atomic mass is 19.1. The number of rotatable bonds is 5. The highest BCUT2D eigenvalue weighted by Gasteiger charge is 2.14. The van der Waals surface area contributed by atoms with Crippen LogP contribution in [0.4, 0.5) is 4.39 Å². The third-order valence-electron chi connectivity index (χ3n) is 4.61. The number of esters is 1. The van der Waals surface area contributed by atoms with E-state index in [0.717, 1.165) is 22.2 Å². The number of halogens is 1. The van der Waals surface area contributed by atoms with E-state index in [1.54, 1.807) is 31.2 Å². The maximum atomic E-state index is 14.1. The molecule has 28 heavy (non-hydrogen) atoms. The first-order chi connectivity index (χ1) is 13.7. The van der Waals surface area contributed by atoms with Crippen molar-refractivity contribution in [3.05, 3.63) is 89.7 Å². The minimum Gasteiger partial charge on any atom is -0.462 e. The predicted molar refractivity (Wildman–Crippen MR) is 107 cm³/mol. The van der Waals surface area contributed by atoms with Gasteiger partial charge in [-0.05, 0) is 31.2 Å². The third kappa shape index (κ3) is 3.39. The zero-order valence-corrected chi connectivity index (χ0v) is 15.4. The molecule has 1 aromatic heterocycles. The van der Waals surface area contributed by atoms with Crippen molar-refractivity contribution < 1.29 is 13.9 Å². The van der Waals surface area contributed by atoms with Gasteiger partial charge in [-0.1, -0.05) is 48.5 Å². The molecule has 0 spiro atoms. The molecule has 0 aliphatic rings. The second-order valence-electron chi connectivity index (χ2n) is 6.41. The summed E-state index contributed by atoms with van der Waals surface area (Å²) in [7, 11) is 0. The van der Waals surface area contributed by atoms with Crippen LogP contribution in [0.1, 0.15) is 22.8 Å². The van der Waals surface area contributed by atoms with Crippen LogP contribution in [0.15, 0.2) is 72.8 Å². The molecule has 4 rings (SSSR count). The monoisotopic (exact) mass is 374 g/mol. The minimum atomic E-state index is -0.344. The van der Waals surface area contributed by atoms with Crippen LogP contribution in [-0.2, 0) is 11.3 Å². The maximum Gasteiger partial charge on any atom is 0.338 e. The second-order valence-corrected chi connectivity index (χ2v) is 6.41. The first-order valence-corrected chi connectivity index (χ1v) is 9.14. The quantitative estimate of drug-likeness (QED) is 0.458. The number of ether oxygens (including phenoxy) is 1. The molecule has 0 amide bonds. The van der Waals surface area contributed by atoms with Crippen LogP contribution < -0.4 is 0 Å². The molecule has 0 saturated heterocycles. The van der Waals surface area contributed by atoms with E-state index in [0.29, 0.717) is 24.3 Å². The Bertz CT molecular complexity index is 1130. The van der Waals surface area contributed by atoms with Crippen molar-refractivity contribution in [2.45, 2.75) is 13.5 Å². The molecule has 4 aromatic rings. The van der Waals surface area contributed by atoms with Crippen molar-refractivity contribution in [3.8, 4) is 11.3 Å². The van der Waals surface area contributed by atoms with Crippen LogP contribution in [0.25, 0.3) is 22.2 Å². The fraction of sp³-hybridized carbons (Fsp3) is 0.130. The van der Waals surface area contributed by atoms with E-state index in [4.69, 9.17) is 9.84 Å². The van der Waals surface area contributed by atoms with E-state index in [-0.39, 0.29) is 11.8 Å². The zero-order chi connectivity index (χ0) is 19.5. The number of fused-ring (bicyclic) bond motifs is 1. The van der Waals surface area contributed by atoms with Crippen molar-refractivity contribution in [2.24, 2.45) is 0 Å². The van der Waals surface area contributed by atoms with E-state index < -0.39 is 0 Å². The minimum absolute atomic E-state index is 0.248. The molecule has 0 radical (unpaired) electrons. The lowest BCUT2D eigenvalue weighted by atomic mass is 10.1. The number of carbonyl (C=O) groups is 1. The van der Waals surface area contributed by atoms with Gasteiger partial charge in [-0.2, -0.15) is 5.10 Å². The van der Waals surface area contributed by atoms with Gasteiger partial charge in [0, 0.05) is 16.5 Å². The van der Waals surface area contributed by atoms with Crippen LogP contribution >= 0.6 is 0 Å². The number of hydrogen-bond acceptors (Lipinski definition) is 3. The topological polar surface area (TPSA) is 44.1 Å². The maximum absolute atomic E-state index is 14.1. The fourth-order valence-electron chi connectivity index (χ4n) is 3.23. The normalized spacial score (nSPS) is 10.9. The summed E-state index contributed by atoms with van der Waals surface area (Å²) in [4.78, 5) is 11.9. The predicted octanol–water partition coefficient (Wildman–Crippen LogP) is 5.07. The Labute approximate surface area is 162 Å². The summed E-state index contributed by atoms with van der Waals surface area (Å²) in [5.74, 6) is -0.591. The van der Waals surface area contributed by atoms with Gasteiger partial charge < -0.3 is 4.74 Å². The summed E-state index contributed by atoms with van der Waals surface area (Å²) in [6.45, 7) is 2.46. The smallest absolute Gasteiger partial charge is 0.338 e. The first-order valence-electron chi connectivity index (χ1n) is 9.14. The van der Waals surface area contributed by atoms with Crippen molar-refractivity contribution in [1.29, 1.82) is 0 Å². The van der Waals surface area contributed by atoms with Crippen molar-refractivity contribution >= 4 is 16.9 Å². The van der Waals surface area contributed by atoms with Gasteiger partial charge in [0.05, 0.1) is 24.2 Å². The summed E-state index contributed by atoms with van der Waals surface area (Å²) in [5.41, 5.74) is 3.69. The largest absolute Gasteiger partial charge is 0.462 e. The molecular weight excluding hydrogens is 355 g/mol. The lowest BCUT2D eigenvalue weighted by Gasteiger charge is -2.05. The van der Waals surface area contributed by atoms with E-state index in [2.05, 4.69) is 0 Å². The number of carbonyl (C=O) groups excluding carboxylic acids is 1. The van der Waals surface area contributed by atoms with E-state index in [1.807, 2.05) is 47.1 Å². The highest BCUT2D eigenvalue weighted by Crippen LogP contribution is 2.29. The molecule has 3 aromatic carbocycles. The summed E-state index contributed by atoms with van der Waals surface area (Å²) < 4.78 is 20.9. The number of hydrogen-bond donors (Lipinski definition) is 0. The molecule has 0 N–H and O–H groups in total. The van der Waals surface area contributed by atoms with Gasteiger partial charge in [-0.15, -0.1) is 0 Å². The van der Waals surface area contributed by atoms with E-state index in [9.17, 15) is 9.18 Å². The van der Waals surface area contributed by atoms with Crippen molar-refractivity contribution in [3.63, 3.8) is 0 Å². The molecule has 0 atom stereocenters. The van der Waals surface area contributed by atoms with Crippen molar-refractivity contribution in [2.75, 3.05) is 6.61 Å². The Hall–Kier alpha value is -3.47. The molecule has 0 bridgehead atoms. The molecule has 5 heteroatoms. The molecule has 0 saturated carbocycles. The summed E-state index contributed by atoms with van der Waals surface area (Å²) in [6, 6.07) is 21.8. The van der Waals surface area contributed by atoms with E-state index >= 15 is 0 Å². The van der Waals surface area contributed by atoms with Gasteiger partial charge in [0.1, 0.15) is 11.5 Å². The average molecular weight is 374 g/mol. The Kier molecular flexibility index (Phi) is 4.89. The SMILES string of the molecule is CCOC(=O)c1ccc(-c2nn(Cc3ccccc3F)c3ccccc23)cc1. The lowest BCUT2D eigenvalue weighted by molar-refractivity contribution is 0.0526. The van der Waals surface area contributed by atoms with E-state index in [1.165, 1.54) is 6.07 Å². The first kappa shape index (κ1) is 17.9. The molecule has 0 fully saturated rings. The summed E-state index contributed by atoms with van der Waals surface area (Å²) in [5, 5.41) is 5.72. The molecule has 1 heterocycles. The molecule has 0 aliphatic heterocycles. The summed E-state index contributed by atoms with van der Waals surface area (Å²) >= 11 is 0. The fourth-order valence-corrected chi connectivity index (χ4v) is 3.23. The third-order valence-corrected chi connectivity index (χ3v) is 4.61. The molecule has 0 unspecified atom stereocenters. The number of aromatic nitrogens is 2. The Morgan fingerprint density at radius 2 is 1.71 bits per heavy atom. The van der Waals surface area contributed by atoms with Crippen molar-refractivity contribution in [1.82, 2.24) is 9.78 Å². The van der Waals surface area contributed by atoms with Crippen LogP contribution in [0, 0.1) is 5.82 Å². The van der Waals surface area contributed by atoms with Crippen LogP contribution in [0.5, 0.6) is 0 Å². The number of benzene rings is 3. The number of nitrogens with zero attached hydrogens (tertiary/aromatic N) is 2. The standard InChI is InChI=1S/C23H19FN2O2/c1-2-28-23(27)17-13-11-16(12-14-17)22-19-8-4-6-10-21(19)26(25-22)15-18-7-3-5-9-20(18)24/h3-14H,2,15H2,1H3. The summed E-state index contributed by atoms with van der Waals surface area (Å²) in [6.07, 6.45) is 0. The zero-order valence-electron chi connectivity index (χ0n) is 15.4. The van der Waals surface area contributed by atoms with Crippen LogP contribution in [-0.4, -0.2) is 22.4 Å². The molecular formula is C23H19FN2O2. The van der Waals surface area contributed by atoms with Crippen LogP contribution in [0.3, 0.4) is 0 Å². The van der Waals surface area contributed by atoms with Crippen LogP contribution in [0.2, 0.25) is 0 Å². The Balaban J connectivity index is 1.74. The molecule has 0 aliphatic carbocycles. The lowest BCUT2D eigenvalue weighted by Crippen LogP contribution is -2.04. The average Bonchev–Trinajstić information content (AvgIpc) is 3.09. The molecule has 4 nitrogen and oxygen atoms in total. The second kappa shape index (κ2) is 7.64. The van der Waals surface area contributed by atoms with Gasteiger partial charge in [0.25, 0.3) is 0 Å². The highest BCUT2D eigenvalue weighted by molar-refractivity contribution is 5.94. The molecule has 140 valence electrons. The van der Waals surface area contributed by atoms with Gasteiger partial charge in [-0.25, -0.2) is 9.18 Å². The number of para-hydroxylation sites is 1. The Morgan fingerprint density at radius 3 is 2.46 bits per heavy atom. The van der Waals surface area contributed by atoms with Gasteiger partial charge >= 0.3 is 5.97 Å². The van der Waals surface area contributed by atoms with Gasteiger partial charge in [0.2, 0.25) is 0 Å².